The van der Waals surface area contributed by atoms with Gasteiger partial charge in [-0.1, -0.05) is 11.6 Å². The van der Waals surface area contributed by atoms with Gasteiger partial charge in [-0.15, -0.1) is 0 Å². The summed E-state index contributed by atoms with van der Waals surface area (Å²) in [6.07, 6.45) is 0. The van der Waals surface area contributed by atoms with Gasteiger partial charge in [-0.3, -0.25) is 19.6 Å². The van der Waals surface area contributed by atoms with Crippen molar-refractivity contribution in [1.29, 1.82) is 0 Å². The Labute approximate surface area is 113 Å². The van der Waals surface area contributed by atoms with Gasteiger partial charge < -0.3 is 5.11 Å². The molecule has 0 aliphatic carbocycles. The molecule has 0 aromatic heterocycles. The minimum atomic E-state index is -4.23. The maximum atomic E-state index is 11.7. The molecule has 8 nitrogen and oxygen atoms in total. The molecule has 0 heterocycles. The van der Waals surface area contributed by atoms with Crippen LogP contribution in [0.15, 0.2) is 18.2 Å². The van der Waals surface area contributed by atoms with E-state index < -0.39 is 26.2 Å². The fraction of sp³-hybridized carbons (Fsp3) is 0.222. The number of nitrogens with one attached hydrogen (secondary N) is 1. The van der Waals surface area contributed by atoms with Gasteiger partial charge in [-0.25, -0.2) is 8.42 Å². The highest BCUT2D eigenvalue weighted by molar-refractivity contribution is 7.94. The number of hydrogen-bond acceptors (Lipinski definition) is 5. The van der Waals surface area contributed by atoms with Crippen LogP contribution in [0, 0.1) is 10.1 Å². The summed E-state index contributed by atoms with van der Waals surface area (Å²) >= 11 is 5.69. The highest BCUT2D eigenvalue weighted by atomic mass is 35.5. The van der Waals surface area contributed by atoms with Crippen LogP contribution in [-0.4, -0.2) is 29.7 Å². The lowest BCUT2D eigenvalue weighted by atomic mass is 10.3. The zero-order valence-corrected chi connectivity index (χ0v) is 11.1. The normalized spacial score (nSPS) is 12.7. The number of rotatable bonds is 5. The van der Waals surface area contributed by atoms with Crippen LogP contribution in [0.4, 0.5) is 11.4 Å². The number of carboxylic acid groups (broad SMARTS) is 1. The van der Waals surface area contributed by atoms with Gasteiger partial charge in [0.1, 0.15) is 0 Å². The quantitative estimate of drug-likeness (QED) is 0.626. The number of benzene rings is 1. The largest absolute Gasteiger partial charge is 0.480 e. The molecule has 0 aliphatic rings. The van der Waals surface area contributed by atoms with E-state index in [-0.39, 0.29) is 16.4 Å². The molecule has 0 amide bonds. The van der Waals surface area contributed by atoms with E-state index in [9.17, 15) is 23.3 Å². The maximum Gasteiger partial charge on any atom is 0.323 e. The Morgan fingerprint density at radius 1 is 1.53 bits per heavy atom. The SMILES string of the molecule is CC(C(=O)O)S(=O)(=O)Nc1cc([N+](=O)[O-])ccc1Cl. The molecule has 19 heavy (non-hydrogen) atoms. The molecule has 1 aromatic rings. The highest BCUT2D eigenvalue weighted by Crippen LogP contribution is 2.28. The molecule has 1 aromatic carbocycles. The Morgan fingerprint density at radius 3 is 2.58 bits per heavy atom. The van der Waals surface area contributed by atoms with Crippen molar-refractivity contribution < 1.29 is 23.2 Å². The lowest BCUT2D eigenvalue weighted by Crippen LogP contribution is -2.32. The van der Waals surface area contributed by atoms with Crippen LogP contribution < -0.4 is 4.72 Å². The Balaban J connectivity index is 3.15. The first kappa shape index (κ1) is 15.2. The predicted molar refractivity (Wildman–Crippen MR) is 67.7 cm³/mol. The molecule has 0 radical (unpaired) electrons. The van der Waals surface area contributed by atoms with Gasteiger partial charge in [0.25, 0.3) is 5.69 Å². The van der Waals surface area contributed by atoms with Crippen LogP contribution in [0.25, 0.3) is 0 Å². The van der Waals surface area contributed by atoms with Crippen LogP contribution in [-0.2, 0) is 14.8 Å². The number of anilines is 1. The van der Waals surface area contributed by atoms with Gasteiger partial charge in [0.15, 0.2) is 5.25 Å². The smallest absolute Gasteiger partial charge is 0.323 e. The second-order valence-electron chi connectivity index (χ2n) is 3.55. The first-order chi connectivity index (χ1) is 8.65. The molecule has 1 unspecified atom stereocenters. The van der Waals surface area contributed by atoms with Crippen molar-refractivity contribution in [1.82, 2.24) is 0 Å². The fourth-order valence-corrected chi connectivity index (χ4v) is 2.22. The van der Waals surface area contributed by atoms with Crippen LogP contribution in [0.3, 0.4) is 0 Å². The summed E-state index contributed by atoms with van der Waals surface area (Å²) in [5.74, 6) is -1.55. The first-order valence-corrected chi connectivity index (χ1v) is 6.76. The number of nitro groups is 1. The van der Waals surface area contributed by atoms with Crippen molar-refractivity contribution in [2.75, 3.05) is 4.72 Å². The maximum absolute atomic E-state index is 11.7. The summed E-state index contributed by atoms with van der Waals surface area (Å²) in [6, 6.07) is 3.15. The number of nitro benzene ring substituents is 1. The number of sulfonamides is 1. The van der Waals surface area contributed by atoms with Gasteiger partial charge in [-0.2, -0.15) is 0 Å². The summed E-state index contributed by atoms with van der Waals surface area (Å²) < 4.78 is 25.2. The van der Waals surface area contributed by atoms with Crippen LogP contribution in [0.2, 0.25) is 5.02 Å². The van der Waals surface area contributed by atoms with Crippen LogP contribution in [0.1, 0.15) is 6.92 Å². The van der Waals surface area contributed by atoms with Crippen LogP contribution in [0.5, 0.6) is 0 Å². The molecule has 0 fully saturated rings. The van der Waals surface area contributed by atoms with Gasteiger partial charge in [0.05, 0.1) is 15.6 Å². The second-order valence-corrected chi connectivity index (χ2v) is 5.96. The molecule has 2 N–H and O–H groups in total. The van der Waals surface area contributed by atoms with E-state index in [0.29, 0.717) is 0 Å². The first-order valence-electron chi connectivity index (χ1n) is 4.83. The Bertz CT molecular complexity index is 630. The van der Waals surface area contributed by atoms with Gasteiger partial charge >= 0.3 is 5.97 Å². The van der Waals surface area contributed by atoms with Crippen molar-refractivity contribution in [3.63, 3.8) is 0 Å². The van der Waals surface area contributed by atoms with E-state index in [0.717, 1.165) is 25.1 Å². The minimum absolute atomic E-state index is 0.0771. The molecule has 104 valence electrons. The number of hydrogen-bond donors (Lipinski definition) is 2. The van der Waals surface area contributed by atoms with Crippen molar-refractivity contribution in [2.45, 2.75) is 12.2 Å². The molecule has 0 spiro atoms. The van der Waals surface area contributed by atoms with Crippen molar-refractivity contribution in [3.8, 4) is 0 Å². The summed E-state index contributed by atoms with van der Waals surface area (Å²) in [6.45, 7) is 0.968. The van der Waals surface area contributed by atoms with Gasteiger partial charge in [-0.05, 0) is 13.0 Å². The Kier molecular flexibility index (Phi) is 4.32. The van der Waals surface area contributed by atoms with E-state index >= 15 is 0 Å². The van der Waals surface area contributed by atoms with E-state index in [2.05, 4.69) is 0 Å². The topological polar surface area (TPSA) is 127 Å². The van der Waals surface area contributed by atoms with Gasteiger partial charge in [0, 0.05) is 12.1 Å². The van der Waals surface area contributed by atoms with Crippen molar-refractivity contribution >= 4 is 39.0 Å². The number of carbonyl (C=O) groups is 1. The molecular weight excluding hydrogens is 300 g/mol. The number of aliphatic carboxylic acids is 1. The third-order valence-corrected chi connectivity index (χ3v) is 4.19. The summed E-state index contributed by atoms with van der Waals surface area (Å²) in [4.78, 5) is 20.5. The standard InChI is InChI=1S/C9H9ClN2O6S/c1-5(9(13)14)19(17,18)11-8-4-6(12(15)16)2-3-7(8)10/h2-5,11H,1H3,(H,13,14). The Morgan fingerprint density at radius 2 is 2.11 bits per heavy atom. The third-order valence-electron chi connectivity index (χ3n) is 2.23. The van der Waals surface area contributed by atoms with Crippen molar-refractivity contribution in [2.24, 2.45) is 0 Å². The third kappa shape index (κ3) is 3.55. The fourth-order valence-electron chi connectivity index (χ4n) is 1.08. The number of halogens is 1. The summed E-state index contributed by atoms with van der Waals surface area (Å²) in [5, 5.41) is 17.4. The lowest BCUT2D eigenvalue weighted by molar-refractivity contribution is -0.384. The number of non-ortho nitro benzene ring substituents is 1. The average Bonchev–Trinajstić information content (AvgIpc) is 2.30. The van der Waals surface area contributed by atoms with E-state index in [4.69, 9.17) is 16.7 Å². The molecule has 0 bridgehead atoms. The second kappa shape index (κ2) is 5.41. The Hall–Kier alpha value is -1.87. The van der Waals surface area contributed by atoms with E-state index in [1.165, 1.54) is 0 Å². The highest BCUT2D eigenvalue weighted by Gasteiger charge is 2.28. The lowest BCUT2D eigenvalue weighted by Gasteiger charge is -2.12. The average molecular weight is 309 g/mol. The zero-order chi connectivity index (χ0) is 14.8. The molecule has 0 aliphatic heterocycles. The zero-order valence-electron chi connectivity index (χ0n) is 9.53. The molecule has 0 saturated heterocycles. The van der Waals surface area contributed by atoms with E-state index in [1.54, 1.807) is 0 Å². The van der Waals surface area contributed by atoms with Crippen LogP contribution >= 0.6 is 11.6 Å². The predicted octanol–water partition coefficient (Wildman–Crippen LogP) is 1.46. The molecule has 0 saturated carbocycles. The van der Waals surface area contributed by atoms with E-state index in [1.807, 2.05) is 4.72 Å². The van der Waals surface area contributed by atoms with Gasteiger partial charge in [0.2, 0.25) is 10.0 Å². The van der Waals surface area contributed by atoms with Crippen molar-refractivity contribution in [3.05, 3.63) is 33.3 Å². The summed E-state index contributed by atoms with van der Waals surface area (Å²) in [7, 11) is -4.23. The molecule has 10 heteroatoms. The number of carboxylic acids is 1. The molecular formula is C9H9ClN2O6S. The molecule has 1 rings (SSSR count). The minimum Gasteiger partial charge on any atom is -0.480 e. The molecule has 1 atom stereocenters. The monoisotopic (exact) mass is 308 g/mol. The summed E-state index contributed by atoms with van der Waals surface area (Å²) in [5.41, 5.74) is -0.617. The number of nitrogens with zero attached hydrogens (tertiary/aromatic N) is 1.